The predicted octanol–water partition coefficient (Wildman–Crippen LogP) is 0.581. The van der Waals surface area contributed by atoms with Gasteiger partial charge in [-0.15, -0.1) is 6.58 Å². The van der Waals surface area contributed by atoms with E-state index in [0.717, 1.165) is 0 Å². The van der Waals surface area contributed by atoms with Crippen LogP contribution in [-0.4, -0.2) is 49.9 Å². The van der Waals surface area contributed by atoms with Crippen molar-refractivity contribution in [2.24, 2.45) is 0 Å². The van der Waals surface area contributed by atoms with Crippen molar-refractivity contribution in [2.45, 2.75) is 12.5 Å². The van der Waals surface area contributed by atoms with Crippen molar-refractivity contribution < 1.29 is 4.79 Å². The lowest BCUT2D eigenvalue weighted by molar-refractivity contribution is -0.133. The molecule has 3 nitrogen and oxygen atoms in total. The number of amides is 1. The molecule has 0 N–H and O–H groups in total. The van der Waals surface area contributed by atoms with Crippen LogP contribution in [0, 0.1) is 0 Å². The fraction of sp³-hybridized carbons (Fsp3) is 0.667. The fourth-order valence-electron chi connectivity index (χ4n) is 0.988. The Morgan fingerprint density at radius 3 is 2.17 bits per heavy atom. The van der Waals surface area contributed by atoms with Gasteiger partial charge < -0.3 is 4.90 Å². The summed E-state index contributed by atoms with van der Waals surface area (Å²) in [5.41, 5.74) is 0. The average molecular weight is 170 g/mol. The molecule has 0 fully saturated rings. The summed E-state index contributed by atoms with van der Waals surface area (Å²) >= 11 is 0. The Hall–Kier alpha value is -0.830. The Kier molecular flexibility index (Phi) is 4.59. The maximum atomic E-state index is 11.5. The Balaban J connectivity index is 4.29. The number of hydrogen-bond donors (Lipinski definition) is 0. The molecule has 0 saturated heterocycles. The van der Waals surface area contributed by atoms with E-state index in [9.17, 15) is 4.79 Å². The van der Waals surface area contributed by atoms with Crippen LogP contribution in [0.1, 0.15) is 6.42 Å². The smallest absolute Gasteiger partial charge is 0.239 e. The Labute approximate surface area is 74.7 Å². The molecule has 70 valence electrons. The zero-order valence-corrected chi connectivity index (χ0v) is 8.37. The molecule has 0 aromatic carbocycles. The van der Waals surface area contributed by atoms with Crippen LogP contribution in [0.5, 0.6) is 0 Å². The topological polar surface area (TPSA) is 23.6 Å². The maximum Gasteiger partial charge on any atom is 0.239 e. The van der Waals surface area contributed by atoms with Crippen molar-refractivity contribution in [1.29, 1.82) is 0 Å². The third-order valence-electron chi connectivity index (χ3n) is 1.74. The molecule has 0 rings (SSSR count). The summed E-state index contributed by atoms with van der Waals surface area (Å²) < 4.78 is 0. The van der Waals surface area contributed by atoms with Crippen LogP contribution < -0.4 is 0 Å². The second-order valence-electron chi connectivity index (χ2n) is 3.24. The summed E-state index contributed by atoms with van der Waals surface area (Å²) in [4.78, 5) is 15.0. The van der Waals surface area contributed by atoms with Gasteiger partial charge >= 0.3 is 0 Å². The van der Waals surface area contributed by atoms with Gasteiger partial charge in [-0.3, -0.25) is 9.69 Å². The summed E-state index contributed by atoms with van der Waals surface area (Å²) in [5, 5.41) is 0. The van der Waals surface area contributed by atoms with Crippen molar-refractivity contribution in [3.05, 3.63) is 12.7 Å². The average Bonchev–Trinajstić information content (AvgIpc) is 1.98. The predicted molar refractivity (Wildman–Crippen MR) is 51.0 cm³/mol. The van der Waals surface area contributed by atoms with Crippen molar-refractivity contribution in [3.8, 4) is 0 Å². The van der Waals surface area contributed by atoms with E-state index < -0.39 is 0 Å². The first-order chi connectivity index (χ1) is 5.50. The van der Waals surface area contributed by atoms with E-state index in [4.69, 9.17) is 0 Å². The largest absolute Gasteiger partial charge is 0.347 e. The number of carbonyl (C=O) groups is 1. The van der Waals surface area contributed by atoms with Gasteiger partial charge in [-0.25, -0.2) is 0 Å². The molecular formula is C9H18N2O. The van der Waals surface area contributed by atoms with Gasteiger partial charge in [0.1, 0.15) is 0 Å². The zero-order chi connectivity index (χ0) is 9.72. The maximum absolute atomic E-state index is 11.5. The summed E-state index contributed by atoms with van der Waals surface area (Å²) in [6, 6.07) is -0.0718. The van der Waals surface area contributed by atoms with Crippen LogP contribution in [-0.2, 0) is 4.79 Å². The number of rotatable bonds is 4. The monoisotopic (exact) mass is 170 g/mol. The van der Waals surface area contributed by atoms with Gasteiger partial charge in [0, 0.05) is 14.1 Å². The second-order valence-corrected chi connectivity index (χ2v) is 3.24. The third kappa shape index (κ3) is 3.05. The van der Waals surface area contributed by atoms with E-state index in [1.807, 2.05) is 19.0 Å². The molecule has 1 atom stereocenters. The molecule has 12 heavy (non-hydrogen) atoms. The molecule has 0 aromatic heterocycles. The molecule has 0 aliphatic carbocycles. The number of nitrogens with zero attached hydrogens (tertiary/aromatic N) is 2. The molecule has 3 heteroatoms. The summed E-state index contributed by atoms with van der Waals surface area (Å²) in [5.74, 6) is 0.125. The second kappa shape index (κ2) is 4.93. The van der Waals surface area contributed by atoms with Gasteiger partial charge in [-0.2, -0.15) is 0 Å². The van der Waals surface area contributed by atoms with Gasteiger partial charge in [-0.1, -0.05) is 6.08 Å². The molecule has 1 amide bonds. The lowest BCUT2D eigenvalue weighted by atomic mass is 10.1. The zero-order valence-electron chi connectivity index (χ0n) is 8.37. The minimum absolute atomic E-state index is 0.0718. The van der Waals surface area contributed by atoms with Gasteiger partial charge in [0.25, 0.3) is 0 Å². The lowest BCUT2D eigenvalue weighted by Crippen LogP contribution is -2.42. The quantitative estimate of drug-likeness (QED) is 0.576. The van der Waals surface area contributed by atoms with E-state index in [2.05, 4.69) is 6.58 Å². The highest BCUT2D eigenvalue weighted by Crippen LogP contribution is 2.03. The molecular weight excluding hydrogens is 152 g/mol. The normalized spacial score (nSPS) is 12.8. The van der Waals surface area contributed by atoms with Crippen molar-refractivity contribution in [2.75, 3.05) is 28.2 Å². The molecule has 0 bridgehead atoms. The van der Waals surface area contributed by atoms with E-state index in [1.54, 1.807) is 25.1 Å². The van der Waals surface area contributed by atoms with E-state index >= 15 is 0 Å². The highest BCUT2D eigenvalue weighted by Gasteiger charge is 2.20. The first-order valence-electron chi connectivity index (χ1n) is 3.99. The molecule has 0 spiro atoms. The van der Waals surface area contributed by atoms with Gasteiger partial charge in [0.05, 0.1) is 6.04 Å². The minimum Gasteiger partial charge on any atom is -0.347 e. The van der Waals surface area contributed by atoms with Crippen LogP contribution in [0.15, 0.2) is 12.7 Å². The third-order valence-corrected chi connectivity index (χ3v) is 1.74. The number of carbonyl (C=O) groups excluding carboxylic acids is 1. The van der Waals surface area contributed by atoms with Crippen molar-refractivity contribution in [1.82, 2.24) is 9.80 Å². The molecule has 0 heterocycles. The van der Waals surface area contributed by atoms with Crippen molar-refractivity contribution in [3.63, 3.8) is 0 Å². The van der Waals surface area contributed by atoms with Crippen LogP contribution in [0.3, 0.4) is 0 Å². The van der Waals surface area contributed by atoms with Gasteiger partial charge in [-0.05, 0) is 20.5 Å². The molecule has 0 radical (unpaired) electrons. The Morgan fingerprint density at radius 2 is 1.92 bits per heavy atom. The first kappa shape index (κ1) is 11.2. The molecule has 0 aliphatic rings. The van der Waals surface area contributed by atoms with E-state index in [0.29, 0.717) is 6.42 Å². The van der Waals surface area contributed by atoms with Crippen LogP contribution in [0.4, 0.5) is 0 Å². The highest BCUT2D eigenvalue weighted by atomic mass is 16.2. The standard InChI is InChI=1S/C9H18N2O/c1-6-7-8(10(2)3)9(12)11(4)5/h6,8H,1,7H2,2-5H3. The fourth-order valence-corrected chi connectivity index (χ4v) is 0.988. The highest BCUT2D eigenvalue weighted by molar-refractivity contribution is 5.81. The first-order valence-corrected chi connectivity index (χ1v) is 3.99. The Bertz CT molecular complexity index is 164. The van der Waals surface area contributed by atoms with Gasteiger partial charge in [0.2, 0.25) is 5.91 Å². The summed E-state index contributed by atoms with van der Waals surface area (Å²) in [6.07, 6.45) is 2.47. The van der Waals surface area contributed by atoms with Crippen LogP contribution >= 0.6 is 0 Å². The molecule has 0 aromatic rings. The minimum atomic E-state index is -0.0718. The lowest BCUT2D eigenvalue weighted by Gasteiger charge is -2.24. The molecule has 0 saturated carbocycles. The summed E-state index contributed by atoms with van der Waals surface area (Å²) in [7, 11) is 7.33. The van der Waals surface area contributed by atoms with Crippen LogP contribution in [0.2, 0.25) is 0 Å². The summed E-state index contributed by atoms with van der Waals surface area (Å²) in [6.45, 7) is 3.63. The molecule has 1 unspecified atom stereocenters. The number of likely N-dealkylation sites (N-methyl/N-ethyl adjacent to an activating group) is 2. The molecule has 0 aliphatic heterocycles. The van der Waals surface area contributed by atoms with E-state index in [1.165, 1.54) is 0 Å². The van der Waals surface area contributed by atoms with Crippen LogP contribution in [0.25, 0.3) is 0 Å². The number of hydrogen-bond acceptors (Lipinski definition) is 2. The van der Waals surface area contributed by atoms with E-state index in [-0.39, 0.29) is 11.9 Å². The Morgan fingerprint density at radius 1 is 1.42 bits per heavy atom. The van der Waals surface area contributed by atoms with Gasteiger partial charge in [0.15, 0.2) is 0 Å². The SMILES string of the molecule is C=CCC(C(=O)N(C)C)N(C)C. The van der Waals surface area contributed by atoms with Crippen molar-refractivity contribution >= 4 is 5.91 Å².